The lowest BCUT2D eigenvalue weighted by Gasteiger charge is -2.19. The molecule has 19 heavy (non-hydrogen) atoms. The zero-order valence-electron chi connectivity index (χ0n) is 10.2. The lowest BCUT2D eigenvalue weighted by Crippen LogP contribution is -2.27. The van der Waals surface area contributed by atoms with E-state index in [9.17, 15) is 4.39 Å². The van der Waals surface area contributed by atoms with Crippen molar-refractivity contribution in [1.82, 2.24) is 15.5 Å². The zero-order chi connectivity index (χ0) is 13.2. The van der Waals surface area contributed by atoms with E-state index >= 15 is 0 Å². The Labute approximate surface area is 118 Å². The molecule has 2 heterocycles. The van der Waals surface area contributed by atoms with E-state index in [1.54, 1.807) is 12.1 Å². The molecule has 1 saturated heterocycles. The molecule has 1 aliphatic rings. The van der Waals surface area contributed by atoms with Crippen molar-refractivity contribution in [2.75, 3.05) is 6.54 Å². The number of hydrogen-bond acceptors (Lipinski definition) is 4. The molecule has 0 radical (unpaired) electrons. The summed E-state index contributed by atoms with van der Waals surface area (Å²) in [5, 5.41) is 7.34. The summed E-state index contributed by atoms with van der Waals surface area (Å²) in [5.41, 5.74) is 0.593. The monoisotopic (exact) mass is 325 g/mol. The van der Waals surface area contributed by atoms with Gasteiger partial charge in [-0.2, -0.15) is 4.98 Å². The normalized spacial score (nSPS) is 19.6. The molecule has 0 bridgehead atoms. The molecule has 0 amide bonds. The predicted octanol–water partition coefficient (Wildman–Crippen LogP) is 3.45. The number of rotatable bonds is 2. The summed E-state index contributed by atoms with van der Waals surface area (Å²) in [6.45, 7) is 0.974. The predicted molar refractivity (Wildman–Crippen MR) is 72.0 cm³/mol. The molecule has 1 aromatic carbocycles. The van der Waals surface area contributed by atoms with Crippen LogP contribution in [0.2, 0.25) is 0 Å². The molecule has 0 spiro atoms. The van der Waals surface area contributed by atoms with Gasteiger partial charge in [-0.1, -0.05) is 11.6 Å². The van der Waals surface area contributed by atoms with Gasteiger partial charge in [0.1, 0.15) is 5.82 Å². The molecule has 1 aliphatic heterocycles. The largest absolute Gasteiger partial charge is 0.334 e. The topological polar surface area (TPSA) is 51.0 Å². The Balaban J connectivity index is 1.85. The molecule has 1 aromatic heterocycles. The Morgan fingerprint density at radius 2 is 2.26 bits per heavy atom. The van der Waals surface area contributed by atoms with E-state index in [4.69, 9.17) is 4.52 Å². The SMILES string of the molecule is Fc1cc(-c2nc(C3CCCCN3)no2)ccc1Br. The number of benzene rings is 1. The Kier molecular flexibility index (Phi) is 3.61. The van der Waals surface area contributed by atoms with Crippen LogP contribution in [0, 0.1) is 5.82 Å². The Hall–Kier alpha value is -1.27. The zero-order valence-corrected chi connectivity index (χ0v) is 11.8. The van der Waals surface area contributed by atoms with Crippen molar-refractivity contribution in [3.05, 3.63) is 34.3 Å². The lowest BCUT2D eigenvalue weighted by atomic mass is 10.0. The summed E-state index contributed by atoms with van der Waals surface area (Å²) in [4.78, 5) is 4.35. The molecule has 3 rings (SSSR count). The van der Waals surface area contributed by atoms with Crippen molar-refractivity contribution in [2.45, 2.75) is 25.3 Å². The molecule has 1 atom stereocenters. The number of piperidine rings is 1. The van der Waals surface area contributed by atoms with E-state index in [0.717, 1.165) is 19.4 Å². The van der Waals surface area contributed by atoms with E-state index in [1.807, 2.05) is 0 Å². The minimum Gasteiger partial charge on any atom is -0.334 e. The van der Waals surface area contributed by atoms with Gasteiger partial charge in [-0.05, 0) is 53.5 Å². The van der Waals surface area contributed by atoms with Crippen LogP contribution < -0.4 is 5.32 Å². The van der Waals surface area contributed by atoms with Crippen molar-refractivity contribution in [1.29, 1.82) is 0 Å². The van der Waals surface area contributed by atoms with Gasteiger partial charge in [0.15, 0.2) is 5.82 Å². The quantitative estimate of drug-likeness (QED) is 0.918. The van der Waals surface area contributed by atoms with Gasteiger partial charge in [0.25, 0.3) is 5.89 Å². The molecular formula is C13H13BrFN3O. The number of nitrogens with one attached hydrogen (secondary N) is 1. The van der Waals surface area contributed by atoms with Gasteiger partial charge in [-0.25, -0.2) is 4.39 Å². The van der Waals surface area contributed by atoms with Gasteiger partial charge in [0.2, 0.25) is 0 Å². The van der Waals surface area contributed by atoms with E-state index < -0.39 is 0 Å². The Bertz CT molecular complexity index is 581. The second-order valence-corrected chi connectivity index (χ2v) is 5.44. The maximum Gasteiger partial charge on any atom is 0.258 e. The molecule has 1 fully saturated rings. The minimum atomic E-state index is -0.340. The lowest BCUT2D eigenvalue weighted by molar-refractivity contribution is 0.367. The van der Waals surface area contributed by atoms with Crippen molar-refractivity contribution < 1.29 is 8.91 Å². The Morgan fingerprint density at radius 1 is 1.37 bits per heavy atom. The van der Waals surface area contributed by atoms with Crippen molar-refractivity contribution in [3.63, 3.8) is 0 Å². The highest BCUT2D eigenvalue weighted by Crippen LogP contribution is 2.26. The van der Waals surface area contributed by atoms with Crippen molar-refractivity contribution in [3.8, 4) is 11.5 Å². The summed E-state index contributed by atoms with van der Waals surface area (Å²) in [6, 6.07) is 4.91. The van der Waals surface area contributed by atoms with Crippen LogP contribution in [-0.2, 0) is 0 Å². The minimum absolute atomic E-state index is 0.145. The third-order valence-electron chi connectivity index (χ3n) is 3.23. The average Bonchev–Trinajstić information content (AvgIpc) is 2.93. The maximum atomic E-state index is 13.5. The summed E-state index contributed by atoms with van der Waals surface area (Å²) in [6.07, 6.45) is 3.35. The van der Waals surface area contributed by atoms with Crippen LogP contribution in [0.1, 0.15) is 31.1 Å². The summed E-state index contributed by atoms with van der Waals surface area (Å²) in [7, 11) is 0. The molecule has 6 heteroatoms. The van der Waals surface area contributed by atoms with Crippen LogP contribution in [-0.4, -0.2) is 16.7 Å². The molecule has 1 unspecified atom stereocenters. The first kappa shape index (κ1) is 12.7. The van der Waals surface area contributed by atoms with Crippen molar-refractivity contribution >= 4 is 15.9 Å². The molecule has 100 valence electrons. The van der Waals surface area contributed by atoms with Crippen LogP contribution in [0.3, 0.4) is 0 Å². The fraction of sp³-hybridized carbons (Fsp3) is 0.385. The van der Waals surface area contributed by atoms with Crippen LogP contribution in [0.25, 0.3) is 11.5 Å². The van der Waals surface area contributed by atoms with Crippen LogP contribution >= 0.6 is 15.9 Å². The molecular weight excluding hydrogens is 313 g/mol. The molecule has 1 N–H and O–H groups in total. The molecule has 4 nitrogen and oxygen atoms in total. The van der Waals surface area contributed by atoms with E-state index in [-0.39, 0.29) is 11.9 Å². The highest BCUT2D eigenvalue weighted by atomic mass is 79.9. The molecule has 0 aliphatic carbocycles. The maximum absolute atomic E-state index is 13.5. The first-order valence-corrected chi connectivity index (χ1v) is 7.06. The summed E-state index contributed by atoms with van der Waals surface area (Å²) >= 11 is 3.12. The van der Waals surface area contributed by atoms with E-state index in [1.165, 1.54) is 12.5 Å². The van der Waals surface area contributed by atoms with E-state index in [0.29, 0.717) is 21.8 Å². The van der Waals surface area contributed by atoms with Gasteiger partial charge in [0, 0.05) is 5.56 Å². The molecule has 2 aromatic rings. The van der Waals surface area contributed by atoms with Gasteiger partial charge >= 0.3 is 0 Å². The van der Waals surface area contributed by atoms with Crippen LogP contribution in [0.5, 0.6) is 0 Å². The highest BCUT2D eigenvalue weighted by Gasteiger charge is 2.21. The fourth-order valence-corrected chi connectivity index (χ4v) is 2.44. The second-order valence-electron chi connectivity index (χ2n) is 4.59. The number of aromatic nitrogens is 2. The van der Waals surface area contributed by atoms with Crippen LogP contribution in [0.15, 0.2) is 27.2 Å². The third kappa shape index (κ3) is 2.69. The fourth-order valence-electron chi connectivity index (χ4n) is 2.20. The standard InChI is InChI=1S/C13H13BrFN3O/c14-9-5-4-8(7-10(9)15)13-17-12(18-19-13)11-3-1-2-6-16-11/h4-5,7,11,16H,1-3,6H2. The summed E-state index contributed by atoms with van der Waals surface area (Å²) < 4.78 is 19.1. The van der Waals surface area contributed by atoms with Gasteiger partial charge < -0.3 is 9.84 Å². The smallest absolute Gasteiger partial charge is 0.258 e. The molecule has 0 saturated carbocycles. The second kappa shape index (κ2) is 5.38. The Morgan fingerprint density at radius 3 is 3.00 bits per heavy atom. The van der Waals surface area contributed by atoms with Gasteiger partial charge in [-0.3, -0.25) is 0 Å². The van der Waals surface area contributed by atoms with Crippen molar-refractivity contribution in [2.24, 2.45) is 0 Å². The van der Waals surface area contributed by atoms with Gasteiger partial charge in [0.05, 0.1) is 10.5 Å². The first-order valence-electron chi connectivity index (χ1n) is 6.26. The first-order chi connectivity index (χ1) is 9.24. The summed E-state index contributed by atoms with van der Waals surface area (Å²) in [5.74, 6) is 0.667. The van der Waals surface area contributed by atoms with Gasteiger partial charge in [-0.15, -0.1) is 0 Å². The third-order valence-corrected chi connectivity index (χ3v) is 3.87. The number of nitrogens with zero attached hydrogens (tertiary/aromatic N) is 2. The highest BCUT2D eigenvalue weighted by molar-refractivity contribution is 9.10. The van der Waals surface area contributed by atoms with E-state index in [2.05, 4.69) is 31.4 Å². The average molecular weight is 326 g/mol. The number of halogens is 2. The van der Waals surface area contributed by atoms with Crippen LogP contribution in [0.4, 0.5) is 4.39 Å². The number of hydrogen-bond donors (Lipinski definition) is 1.